The van der Waals surface area contributed by atoms with Gasteiger partial charge in [0.05, 0.1) is 6.54 Å². The maximum absolute atomic E-state index is 5.19. The molecule has 66 valence electrons. The summed E-state index contributed by atoms with van der Waals surface area (Å²) in [6.07, 6.45) is 1.49. The van der Waals surface area contributed by atoms with Crippen LogP contribution < -0.4 is 10.3 Å². The first-order chi connectivity index (χ1) is 6.36. The van der Waals surface area contributed by atoms with Crippen LogP contribution in [-0.2, 0) is 6.54 Å². The Bertz CT molecular complexity index is 476. The van der Waals surface area contributed by atoms with Gasteiger partial charge in [-0.3, -0.25) is 0 Å². The predicted octanol–water partition coefficient (Wildman–Crippen LogP) is 0.435. The fourth-order valence-corrected chi connectivity index (χ4v) is 1.65. The summed E-state index contributed by atoms with van der Waals surface area (Å²) in [5.74, 6) is 0.601. The van der Waals surface area contributed by atoms with Crippen LogP contribution in [0.5, 0.6) is 5.88 Å². The van der Waals surface area contributed by atoms with E-state index in [4.69, 9.17) is 4.84 Å². The molecule has 2 aromatic rings. The minimum atomic E-state index is 0.601. The van der Waals surface area contributed by atoms with Crippen LogP contribution in [-0.4, -0.2) is 14.6 Å². The molecule has 13 heavy (non-hydrogen) atoms. The number of hydroxylamine groups is 1. The third-order valence-electron chi connectivity index (χ3n) is 2.21. The maximum Gasteiger partial charge on any atom is 0.265 e. The zero-order valence-electron chi connectivity index (χ0n) is 7.11. The van der Waals surface area contributed by atoms with Gasteiger partial charge in [-0.25, -0.2) is 4.52 Å². The van der Waals surface area contributed by atoms with Gasteiger partial charge < -0.3 is 4.84 Å². The third-order valence-corrected chi connectivity index (χ3v) is 2.21. The second kappa shape index (κ2) is 2.20. The average Bonchev–Trinajstić information content (AvgIpc) is 2.47. The highest BCUT2D eigenvalue weighted by Crippen LogP contribution is 2.25. The van der Waals surface area contributed by atoms with Crippen LogP contribution in [0.15, 0.2) is 12.4 Å². The van der Waals surface area contributed by atoms with Crippen molar-refractivity contribution in [2.75, 3.05) is 0 Å². The molecular weight excluding hydrogens is 168 g/mol. The van der Waals surface area contributed by atoms with Crippen LogP contribution >= 0.6 is 0 Å². The van der Waals surface area contributed by atoms with Gasteiger partial charge in [0.15, 0.2) is 0 Å². The number of hydrogen-bond acceptors (Lipinski definition) is 4. The molecule has 0 spiro atoms. The summed E-state index contributed by atoms with van der Waals surface area (Å²) in [7, 11) is 0. The van der Waals surface area contributed by atoms with Gasteiger partial charge in [-0.2, -0.15) is 15.6 Å². The Balaban J connectivity index is 2.51. The lowest BCUT2D eigenvalue weighted by Gasteiger charge is -2.12. The average molecular weight is 176 g/mol. The van der Waals surface area contributed by atoms with Crippen molar-refractivity contribution in [3.63, 3.8) is 0 Å². The van der Waals surface area contributed by atoms with Gasteiger partial charge >= 0.3 is 0 Å². The minimum Gasteiger partial charge on any atom is -0.386 e. The molecule has 0 saturated carbocycles. The third kappa shape index (κ3) is 0.790. The SMILES string of the molecule is Cc1cc2c3c(ncnn13)ONC2. The zero-order chi connectivity index (χ0) is 8.84. The second-order valence-corrected chi connectivity index (χ2v) is 3.06. The normalized spacial score (nSPS) is 14.5. The molecule has 1 aliphatic heterocycles. The first-order valence-electron chi connectivity index (χ1n) is 4.08. The van der Waals surface area contributed by atoms with Crippen LogP contribution in [0, 0.1) is 6.92 Å². The van der Waals surface area contributed by atoms with Gasteiger partial charge in [-0.05, 0) is 13.0 Å². The molecular formula is C8H8N4O. The van der Waals surface area contributed by atoms with Crippen molar-refractivity contribution in [1.82, 2.24) is 20.1 Å². The molecule has 1 N–H and O–H groups in total. The quantitative estimate of drug-likeness (QED) is 0.632. The molecule has 0 aliphatic carbocycles. The van der Waals surface area contributed by atoms with Crippen LogP contribution in [0.4, 0.5) is 0 Å². The van der Waals surface area contributed by atoms with Crippen LogP contribution in [0.3, 0.4) is 0 Å². The van der Waals surface area contributed by atoms with Crippen molar-refractivity contribution >= 4 is 5.52 Å². The molecule has 5 nitrogen and oxygen atoms in total. The topological polar surface area (TPSA) is 51.5 Å². The van der Waals surface area contributed by atoms with Gasteiger partial charge in [0.25, 0.3) is 5.88 Å². The Morgan fingerprint density at radius 1 is 1.62 bits per heavy atom. The molecule has 5 heteroatoms. The molecule has 0 aromatic carbocycles. The highest BCUT2D eigenvalue weighted by molar-refractivity contribution is 5.64. The van der Waals surface area contributed by atoms with E-state index in [-0.39, 0.29) is 0 Å². The molecule has 3 rings (SSSR count). The molecule has 0 fully saturated rings. The summed E-state index contributed by atoms with van der Waals surface area (Å²) in [5, 5.41) is 4.14. The van der Waals surface area contributed by atoms with E-state index in [0.29, 0.717) is 12.4 Å². The Morgan fingerprint density at radius 3 is 3.46 bits per heavy atom. The summed E-state index contributed by atoms with van der Waals surface area (Å²) < 4.78 is 1.85. The van der Waals surface area contributed by atoms with Crippen molar-refractivity contribution in [3.8, 4) is 5.88 Å². The number of nitrogens with one attached hydrogen (secondary N) is 1. The first kappa shape index (κ1) is 6.85. The summed E-state index contributed by atoms with van der Waals surface area (Å²) >= 11 is 0. The molecule has 3 heterocycles. The van der Waals surface area contributed by atoms with E-state index >= 15 is 0 Å². The fraction of sp³-hybridized carbons (Fsp3) is 0.250. The Kier molecular flexibility index (Phi) is 1.16. The number of hydrogen-bond donors (Lipinski definition) is 1. The highest BCUT2D eigenvalue weighted by Gasteiger charge is 2.17. The van der Waals surface area contributed by atoms with Gasteiger partial charge in [0, 0.05) is 11.3 Å². The first-order valence-corrected chi connectivity index (χ1v) is 4.08. The van der Waals surface area contributed by atoms with Crippen molar-refractivity contribution < 1.29 is 4.84 Å². The van der Waals surface area contributed by atoms with Gasteiger partial charge in [-0.15, -0.1) is 0 Å². The number of aryl methyl sites for hydroxylation is 1. The molecule has 2 aromatic heterocycles. The lowest BCUT2D eigenvalue weighted by Crippen LogP contribution is -2.22. The zero-order valence-corrected chi connectivity index (χ0v) is 7.11. The van der Waals surface area contributed by atoms with E-state index < -0.39 is 0 Å². The van der Waals surface area contributed by atoms with Crippen molar-refractivity contribution in [3.05, 3.63) is 23.7 Å². The Labute approximate surface area is 74.3 Å². The Morgan fingerprint density at radius 2 is 2.54 bits per heavy atom. The molecule has 0 amide bonds. The summed E-state index contributed by atoms with van der Waals surface area (Å²) in [6.45, 7) is 2.72. The predicted molar refractivity (Wildman–Crippen MR) is 45.2 cm³/mol. The number of nitrogens with zero attached hydrogens (tertiary/aromatic N) is 3. The van der Waals surface area contributed by atoms with Crippen LogP contribution in [0.1, 0.15) is 11.3 Å². The highest BCUT2D eigenvalue weighted by atomic mass is 16.7. The van der Waals surface area contributed by atoms with Gasteiger partial charge in [0.2, 0.25) is 0 Å². The molecule has 1 aliphatic rings. The van der Waals surface area contributed by atoms with E-state index in [1.54, 1.807) is 0 Å². The number of aromatic nitrogens is 3. The van der Waals surface area contributed by atoms with Crippen molar-refractivity contribution in [1.29, 1.82) is 0 Å². The van der Waals surface area contributed by atoms with Crippen LogP contribution in [0.25, 0.3) is 5.52 Å². The van der Waals surface area contributed by atoms with E-state index in [2.05, 4.69) is 21.6 Å². The lowest BCUT2D eigenvalue weighted by atomic mass is 10.2. The largest absolute Gasteiger partial charge is 0.386 e. The summed E-state index contributed by atoms with van der Waals surface area (Å²) in [6, 6.07) is 2.09. The van der Waals surface area contributed by atoms with Crippen LogP contribution in [0.2, 0.25) is 0 Å². The number of rotatable bonds is 0. The molecule has 0 radical (unpaired) electrons. The summed E-state index contributed by atoms with van der Waals surface area (Å²) in [5.41, 5.74) is 6.06. The van der Waals surface area contributed by atoms with Crippen molar-refractivity contribution in [2.45, 2.75) is 13.5 Å². The second-order valence-electron chi connectivity index (χ2n) is 3.06. The maximum atomic E-state index is 5.19. The molecule has 0 saturated heterocycles. The van der Waals surface area contributed by atoms with E-state index in [0.717, 1.165) is 11.2 Å². The van der Waals surface area contributed by atoms with E-state index in [9.17, 15) is 0 Å². The van der Waals surface area contributed by atoms with Gasteiger partial charge in [0.1, 0.15) is 11.8 Å². The lowest BCUT2D eigenvalue weighted by molar-refractivity contribution is 0.176. The van der Waals surface area contributed by atoms with Crippen molar-refractivity contribution in [2.24, 2.45) is 0 Å². The smallest absolute Gasteiger partial charge is 0.265 e. The molecule has 0 unspecified atom stereocenters. The summed E-state index contributed by atoms with van der Waals surface area (Å²) in [4.78, 5) is 9.22. The molecule has 0 bridgehead atoms. The molecule has 0 atom stereocenters. The van der Waals surface area contributed by atoms with E-state index in [1.807, 2.05) is 11.4 Å². The fourth-order valence-electron chi connectivity index (χ4n) is 1.65. The Hall–Kier alpha value is -1.62. The van der Waals surface area contributed by atoms with E-state index in [1.165, 1.54) is 11.9 Å². The minimum absolute atomic E-state index is 0.601. The standard InChI is InChI=1S/C8H8N4O/c1-5-2-6-3-11-13-8-7(6)12(5)10-4-9-8/h2,4,11H,3H2,1H3. The monoisotopic (exact) mass is 176 g/mol. The van der Waals surface area contributed by atoms with Gasteiger partial charge in [-0.1, -0.05) is 0 Å².